The van der Waals surface area contributed by atoms with Gasteiger partial charge in [-0.1, -0.05) is 72.8 Å². The molecule has 1 N–H and O–H groups in total. The summed E-state index contributed by atoms with van der Waals surface area (Å²) in [6.07, 6.45) is 11.1. The summed E-state index contributed by atoms with van der Waals surface area (Å²) >= 11 is 0. The van der Waals surface area contributed by atoms with Crippen LogP contribution in [0.3, 0.4) is 0 Å². The van der Waals surface area contributed by atoms with Crippen LogP contribution in [0.2, 0.25) is 0 Å². The standard InChI is InChI=1S/C51H46N6O9.C47H43N5O7/c1-30-17-38-40(52-26-36-21-33-9-4-6-11-42(33)55(36)50(38)61)24-44(30)64-28-31-18-32(20-35(19-31)54(2)16-8-13-49(60)66-57-47(58)14-15-48(57)59)29-65-46-25-41-39(23-45(46)63-3)51(62)56-37(27-53-41)22-34-10-5-7-12-43(34)56;1-28-15-36-38(48-24-34-19-31-9-4-6-11-40(31)51(34)46(36)55)22-42(28)58-26-29-16-30(18-33(17-29)50(2)14-8-13-45(53)54)27-59-44-23-39-37(21-43(44)57-3)47(56)52-35(25-49-39)20-32-10-5-7-12-41(32)52/h4-7,9-12,17-20,23-27,36-37H,8,13-16,21-22,28-29H2,1-3H3;4-7,9-12,15-18,21-25,34-35H,8,13-14,19-20,26-27H2,1-3H3,(H,53,54)/t36-,37-;34-,35-/m00/s1. The van der Waals surface area contributed by atoms with Crippen LogP contribution in [0.1, 0.15) is 136 Å². The molecule has 0 aromatic heterocycles. The van der Waals surface area contributed by atoms with Gasteiger partial charge in [0.05, 0.1) is 83.4 Å². The number of carboxylic acids is 1. The molecule has 125 heavy (non-hydrogen) atoms. The fourth-order valence-corrected chi connectivity index (χ4v) is 17.7. The fraction of sp³-hybridized carbons (Fsp3) is 0.265. The lowest BCUT2D eigenvalue weighted by molar-refractivity contribution is -0.197. The fourth-order valence-electron chi connectivity index (χ4n) is 17.7. The summed E-state index contributed by atoms with van der Waals surface area (Å²) in [6, 6.07) is 57.2. The van der Waals surface area contributed by atoms with Crippen LogP contribution in [0.15, 0.2) is 202 Å². The van der Waals surface area contributed by atoms with Crippen molar-refractivity contribution in [2.45, 2.75) is 129 Å². The van der Waals surface area contributed by atoms with Crippen LogP contribution in [0, 0.1) is 13.8 Å². The quantitative estimate of drug-likeness (QED) is 0.0520. The molecule has 1 saturated heterocycles. The third-order valence-corrected chi connectivity index (χ3v) is 24.0. The van der Waals surface area contributed by atoms with Gasteiger partial charge in [-0.15, -0.1) is 5.06 Å². The molecule has 4 atom stereocenters. The molecule has 0 spiro atoms. The average molecular weight is 1680 g/mol. The average Bonchev–Trinajstić information content (AvgIpc) is 1.68. The maximum Gasteiger partial charge on any atom is 0.333 e. The third kappa shape index (κ3) is 16.2. The van der Waals surface area contributed by atoms with Crippen molar-refractivity contribution in [2.24, 2.45) is 20.0 Å². The van der Waals surface area contributed by atoms with Crippen molar-refractivity contribution in [1.29, 1.82) is 0 Å². The number of benzene rings is 10. The number of hydrogen-bond donors (Lipinski definition) is 1. The second-order valence-electron chi connectivity index (χ2n) is 32.4. The first-order valence-electron chi connectivity index (χ1n) is 41.7. The number of aryl methyl sites for hydroxylation is 2. The zero-order chi connectivity index (χ0) is 86.4. The van der Waals surface area contributed by atoms with Crippen molar-refractivity contribution >= 4 is 129 Å². The van der Waals surface area contributed by atoms with Gasteiger partial charge >= 0.3 is 11.9 Å². The van der Waals surface area contributed by atoms with Gasteiger partial charge in [-0.05, 0) is 167 Å². The summed E-state index contributed by atoms with van der Waals surface area (Å²) < 4.78 is 37.3. The monoisotopic (exact) mass is 1680 g/mol. The number of aliphatic imine (C=N–C) groups is 4. The summed E-state index contributed by atoms with van der Waals surface area (Å²) in [6.45, 7) is 5.45. The Bertz CT molecular complexity index is 6220. The van der Waals surface area contributed by atoms with Crippen LogP contribution in [0.25, 0.3) is 0 Å². The Balaban J connectivity index is 0.000000171. The molecule has 0 unspecified atom stereocenters. The predicted molar refractivity (Wildman–Crippen MR) is 474 cm³/mol. The van der Waals surface area contributed by atoms with Crippen molar-refractivity contribution < 1.29 is 76.7 Å². The molecule has 0 saturated carbocycles. The highest BCUT2D eigenvalue weighted by atomic mass is 16.7. The molecular formula is C98H89N11O16. The zero-order valence-electron chi connectivity index (χ0n) is 69.7. The van der Waals surface area contributed by atoms with Gasteiger partial charge in [0.15, 0.2) is 23.0 Å². The smallest absolute Gasteiger partial charge is 0.333 e. The van der Waals surface area contributed by atoms with Gasteiger partial charge in [-0.2, -0.15) is 0 Å². The lowest BCUT2D eigenvalue weighted by Crippen LogP contribution is -2.37. The topological polar surface area (TPSA) is 294 Å². The van der Waals surface area contributed by atoms with Gasteiger partial charge < -0.3 is 48.2 Å². The van der Waals surface area contributed by atoms with E-state index in [1.165, 1.54) is 7.11 Å². The van der Waals surface area contributed by atoms with Crippen LogP contribution < -0.4 is 57.8 Å². The van der Waals surface area contributed by atoms with Gasteiger partial charge in [0, 0.05) is 162 Å². The molecule has 0 aliphatic carbocycles. The zero-order valence-corrected chi connectivity index (χ0v) is 69.7. The Morgan fingerprint density at radius 2 is 0.696 bits per heavy atom. The minimum Gasteiger partial charge on any atom is -0.493 e. The van der Waals surface area contributed by atoms with E-state index in [1.807, 2.05) is 224 Å². The number of aliphatic carboxylic acids is 1. The van der Waals surface area contributed by atoms with Gasteiger partial charge in [0.2, 0.25) is 0 Å². The largest absolute Gasteiger partial charge is 0.493 e. The first kappa shape index (κ1) is 81.3. The van der Waals surface area contributed by atoms with Crippen molar-refractivity contribution in [3.05, 3.63) is 260 Å². The van der Waals surface area contributed by atoms with Gasteiger partial charge in [-0.3, -0.25) is 73.1 Å². The molecule has 19 rings (SSSR count). The SMILES string of the molecule is COc1cc2c(cc1OCc1cc(COc3cc4c(cc3C)C(=O)N3c5ccccc5C[C@H]3C=N4)cc(N(C)CCCC(=O)O)c1)N=C[C@@H]1Cc3ccccc3N1C2=O.COc1cc2c(cc1OCc1cc(COc3cc4c(cc3C)C(=O)N3c5ccccc5C[C@H]3C=N4)cc(N(C)CCCC(=O)ON3C(=O)CCC3=O)c1)N=C[C@@H]1Cc3ccccc3N1C2=O. The number of hydrogen-bond acceptors (Lipinski definition) is 21. The van der Waals surface area contributed by atoms with E-state index in [-0.39, 0.29) is 99.9 Å². The molecule has 9 aliphatic rings. The molecule has 1 fully saturated rings. The number of fused-ring (bicyclic) bond motifs is 16. The molecule has 632 valence electrons. The van der Waals surface area contributed by atoms with E-state index >= 15 is 0 Å². The highest BCUT2D eigenvalue weighted by molar-refractivity contribution is 6.18. The number of methoxy groups -OCH3 is 2. The molecule has 10 aromatic rings. The van der Waals surface area contributed by atoms with E-state index in [2.05, 4.69) is 6.07 Å². The second-order valence-corrected chi connectivity index (χ2v) is 32.4. The van der Waals surface area contributed by atoms with E-state index < -0.39 is 23.8 Å². The molecule has 10 aromatic carbocycles. The molecule has 27 nitrogen and oxygen atoms in total. The number of amides is 6. The number of ether oxygens (including phenoxy) is 6. The van der Waals surface area contributed by atoms with E-state index in [1.54, 1.807) is 41.2 Å². The number of carbonyl (C=O) groups excluding carboxylic acids is 7. The number of carbonyl (C=O) groups is 8. The summed E-state index contributed by atoms with van der Waals surface area (Å²) in [7, 11) is 6.90. The molecule has 9 heterocycles. The lowest BCUT2D eigenvalue weighted by Gasteiger charge is -2.23. The molecule has 0 bridgehead atoms. The molecule has 27 heteroatoms. The maximum atomic E-state index is 14.0. The van der Waals surface area contributed by atoms with Gasteiger partial charge in [-0.25, -0.2) is 4.79 Å². The molecular weight excluding hydrogens is 1590 g/mol. The second kappa shape index (κ2) is 34.3. The summed E-state index contributed by atoms with van der Waals surface area (Å²) in [5, 5.41) is 9.82. The highest BCUT2D eigenvalue weighted by Gasteiger charge is 2.42. The highest BCUT2D eigenvalue weighted by Crippen LogP contribution is 2.47. The number of imide groups is 1. The lowest BCUT2D eigenvalue weighted by atomic mass is 10.1. The Morgan fingerprint density at radius 1 is 0.392 bits per heavy atom. The Kier molecular flexibility index (Phi) is 22.3. The van der Waals surface area contributed by atoms with E-state index in [4.69, 9.17) is 53.2 Å². The first-order valence-corrected chi connectivity index (χ1v) is 41.7. The summed E-state index contributed by atoms with van der Waals surface area (Å²) in [5.41, 5.74) is 18.6. The minimum atomic E-state index is -0.840. The molecule has 0 radical (unpaired) electrons. The maximum absolute atomic E-state index is 14.0. The van der Waals surface area contributed by atoms with Gasteiger partial charge in [0.1, 0.15) is 37.9 Å². The van der Waals surface area contributed by atoms with Crippen LogP contribution in [0.5, 0.6) is 34.5 Å². The number of carboxylic acid groups (broad SMARTS) is 1. The van der Waals surface area contributed by atoms with E-state index in [0.717, 1.165) is 96.2 Å². The Labute approximate surface area is 721 Å². The Morgan fingerprint density at radius 3 is 1.02 bits per heavy atom. The van der Waals surface area contributed by atoms with E-state index in [9.17, 15) is 43.5 Å². The Hall–Kier alpha value is -14.8. The number of hydroxylamine groups is 2. The molecule has 9 aliphatic heterocycles. The normalized spacial score (nSPS) is 17.3. The van der Waals surface area contributed by atoms with Crippen LogP contribution >= 0.6 is 0 Å². The summed E-state index contributed by atoms with van der Waals surface area (Å²) in [4.78, 5) is 139. The summed E-state index contributed by atoms with van der Waals surface area (Å²) in [5.74, 6) is -0.203. The number of para-hydroxylation sites is 4. The van der Waals surface area contributed by atoms with Crippen LogP contribution in [-0.2, 0) is 76.1 Å². The van der Waals surface area contributed by atoms with Crippen molar-refractivity contribution in [1.82, 2.24) is 5.06 Å². The predicted octanol–water partition coefficient (Wildman–Crippen LogP) is 15.6. The number of rotatable bonds is 25. The van der Waals surface area contributed by atoms with Gasteiger partial charge in [0.25, 0.3) is 35.4 Å². The first-order chi connectivity index (χ1) is 60.7. The van der Waals surface area contributed by atoms with Crippen LogP contribution in [-0.4, -0.2) is 148 Å². The van der Waals surface area contributed by atoms with E-state index in [0.29, 0.717) is 130 Å². The van der Waals surface area contributed by atoms with Crippen molar-refractivity contribution in [3.63, 3.8) is 0 Å². The minimum absolute atomic E-state index is 0.0120. The van der Waals surface area contributed by atoms with Crippen molar-refractivity contribution in [3.8, 4) is 34.5 Å². The third-order valence-electron chi connectivity index (χ3n) is 24.0. The number of anilines is 6. The molecule has 6 amide bonds. The number of nitrogens with zero attached hydrogens (tertiary/aromatic N) is 11. The van der Waals surface area contributed by atoms with Crippen LogP contribution in [0.4, 0.5) is 56.9 Å². The van der Waals surface area contributed by atoms with Crippen molar-refractivity contribution in [2.75, 3.05) is 70.8 Å².